The zero-order chi connectivity index (χ0) is 14.8. The third kappa shape index (κ3) is 3.15. The first-order valence-corrected chi connectivity index (χ1v) is 6.16. The standard InChI is InChI=1S/C13H15F3N2O2/c1-20-10-4-2-9(3-5-10)18-7-6-12(19)17-8-11(18)13(14,15)16/h2-5,11H,6-8H2,1H3,(H,17,19). The van der Waals surface area contributed by atoms with Crippen molar-refractivity contribution in [3.05, 3.63) is 24.3 Å². The maximum absolute atomic E-state index is 13.1. The first kappa shape index (κ1) is 14.5. The molecule has 0 aromatic heterocycles. The van der Waals surface area contributed by atoms with Crippen LogP contribution in [0.3, 0.4) is 0 Å². The van der Waals surface area contributed by atoms with Crippen LogP contribution in [0.25, 0.3) is 0 Å². The van der Waals surface area contributed by atoms with E-state index in [1.165, 1.54) is 12.0 Å². The normalized spacial score (nSPS) is 20.3. The van der Waals surface area contributed by atoms with Gasteiger partial charge in [0.1, 0.15) is 11.8 Å². The molecule has 1 aliphatic rings. The summed E-state index contributed by atoms with van der Waals surface area (Å²) in [5.41, 5.74) is 0.421. The highest BCUT2D eigenvalue weighted by atomic mass is 19.4. The summed E-state index contributed by atoms with van der Waals surface area (Å²) in [6.07, 6.45) is -4.36. The van der Waals surface area contributed by atoms with E-state index >= 15 is 0 Å². The van der Waals surface area contributed by atoms with Gasteiger partial charge >= 0.3 is 6.18 Å². The van der Waals surface area contributed by atoms with Crippen molar-refractivity contribution in [1.82, 2.24) is 5.32 Å². The van der Waals surface area contributed by atoms with Gasteiger partial charge in [-0.25, -0.2) is 0 Å². The number of hydrogen-bond donors (Lipinski definition) is 1. The van der Waals surface area contributed by atoms with Gasteiger partial charge in [0.05, 0.1) is 7.11 Å². The molecule has 20 heavy (non-hydrogen) atoms. The molecule has 1 aromatic rings. The highest BCUT2D eigenvalue weighted by Crippen LogP contribution is 2.30. The lowest BCUT2D eigenvalue weighted by Gasteiger charge is -2.32. The van der Waals surface area contributed by atoms with Gasteiger partial charge in [-0.2, -0.15) is 13.2 Å². The van der Waals surface area contributed by atoms with E-state index in [1.807, 2.05) is 0 Å². The minimum absolute atomic E-state index is 0.0301. The summed E-state index contributed by atoms with van der Waals surface area (Å²) in [5.74, 6) is 0.205. The molecule has 0 spiro atoms. The minimum atomic E-state index is -4.41. The van der Waals surface area contributed by atoms with Crippen molar-refractivity contribution in [2.75, 3.05) is 25.1 Å². The van der Waals surface area contributed by atoms with Crippen LogP contribution in [0.1, 0.15) is 6.42 Å². The predicted molar refractivity (Wildman–Crippen MR) is 67.8 cm³/mol. The number of methoxy groups -OCH3 is 1. The maximum atomic E-state index is 13.1. The van der Waals surface area contributed by atoms with Crippen molar-refractivity contribution < 1.29 is 22.7 Å². The smallest absolute Gasteiger partial charge is 0.410 e. The summed E-state index contributed by atoms with van der Waals surface area (Å²) >= 11 is 0. The van der Waals surface area contributed by atoms with Crippen molar-refractivity contribution >= 4 is 11.6 Å². The molecule has 1 amide bonds. The Morgan fingerprint density at radius 2 is 1.95 bits per heavy atom. The van der Waals surface area contributed by atoms with Crippen LogP contribution in [-0.2, 0) is 4.79 Å². The fourth-order valence-electron chi connectivity index (χ4n) is 2.16. The minimum Gasteiger partial charge on any atom is -0.497 e. The van der Waals surface area contributed by atoms with E-state index in [9.17, 15) is 18.0 Å². The predicted octanol–water partition coefficient (Wildman–Crippen LogP) is 1.95. The van der Waals surface area contributed by atoms with E-state index in [-0.39, 0.29) is 18.9 Å². The van der Waals surface area contributed by atoms with Gasteiger partial charge in [-0.15, -0.1) is 0 Å². The summed E-state index contributed by atoms with van der Waals surface area (Å²) in [6.45, 7) is -0.406. The molecule has 1 N–H and O–H groups in total. The third-order valence-corrected chi connectivity index (χ3v) is 3.23. The number of amides is 1. The second-order valence-electron chi connectivity index (χ2n) is 4.50. The molecule has 0 aliphatic carbocycles. The largest absolute Gasteiger partial charge is 0.497 e. The fourth-order valence-corrected chi connectivity index (χ4v) is 2.16. The first-order valence-electron chi connectivity index (χ1n) is 6.16. The van der Waals surface area contributed by atoms with E-state index in [1.54, 1.807) is 24.3 Å². The van der Waals surface area contributed by atoms with E-state index in [0.717, 1.165) is 0 Å². The number of carbonyl (C=O) groups is 1. The van der Waals surface area contributed by atoms with Crippen LogP contribution in [0, 0.1) is 0 Å². The number of benzene rings is 1. The maximum Gasteiger partial charge on any atom is 0.410 e. The second-order valence-corrected chi connectivity index (χ2v) is 4.50. The molecule has 1 fully saturated rings. The zero-order valence-electron chi connectivity index (χ0n) is 10.9. The lowest BCUT2D eigenvalue weighted by Crippen LogP contribution is -2.50. The molecule has 1 aromatic carbocycles. The molecule has 0 saturated carbocycles. The Balaban J connectivity index is 2.29. The van der Waals surface area contributed by atoms with Gasteiger partial charge in [-0.3, -0.25) is 4.79 Å². The molecular weight excluding hydrogens is 273 g/mol. The fraction of sp³-hybridized carbons (Fsp3) is 0.462. The van der Waals surface area contributed by atoms with Crippen molar-refractivity contribution in [2.45, 2.75) is 18.6 Å². The number of anilines is 1. The lowest BCUT2D eigenvalue weighted by atomic mass is 10.2. The lowest BCUT2D eigenvalue weighted by molar-refractivity contribution is -0.147. The van der Waals surface area contributed by atoms with E-state index in [0.29, 0.717) is 11.4 Å². The quantitative estimate of drug-likeness (QED) is 0.904. The Bertz CT molecular complexity index is 473. The summed E-state index contributed by atoms with van der Waals surface area (Å²) in [5, 5.41) is 2.30. The number of halogens is 3. The Hall–Kier alpha value is -1.92. The van der Waals surface area contributed by atoms with Gasteiger partial charge in [0.2, 0.25) is 5.91 Å². The van der Waals surface area contributed by atoms with Crippen LogP contribution in [0.5, 0.6) is 5.75 Å². The van der Waals surface area contributed by atoms with Crippen LogP contribution >= 0.6 is 0 Å². The average molecular weight is 288 g/mol. The van der Waals surface area contributed by atoms with Crippen LogP contribution in [0.15, 0.2) is 24.3 Å². The Morgan fingerprint density at radius 3 is 2.50 bits per heavy atom. The Morgan fingerprint density at radius 1 is 1.30 bits per heavy atom. The molecule has 1 unspecified atom stereocenters. The van der Waals surface area contributed by atoms with Gasteiger partial charge < -0.3 is 15.0 Å². The highest BCUT2D eigenvalue weighted by molar-refractivity contribution is 5.77. The van der Waals surface area contributed by atoms with Gasteiger partial charge in [0.25, 0.3) is 0 Å². The number of nitrogens with zero attached hydrogens (tertiary/aromatic N) is 1. The van der Waals surface area contributed by atoms with Crippen molar-refractivity contribution in [3.8, 4) is 5.75 Å². The SMILES string of the molecule is COc1ccc(N2CCC(=O)NCC2C(F)(F)F)cc1. The summed E-state index contributed by atoms with van der Waals surface area (Å²) in [7, 11) is 1.49. The average Bonchev–Trinajstić information content (AvgIpc) is 2.60. The Kier molecular flexibility index (Phi) is 4.06. The van der Waals surface area contributed by atoms with Crippen LogP contribution in [0.2, 0.25) is 0 Å². The molecule has 1 heterocycles. The molecule has 7 heteroatoms. The van der Waals surface area contributed by atoms with Gasteiger partial charge in [0.15, 0.2) is 0 Å². The second kappa shape index (κ2) is 5.60. The number of carbonyl (C=O) groups excluding carboxylic acids is 1. The van der Waals surface area contributed by atoms with Gasteiger partial charge in [0, 0.05) is 25.2 Å². The number of rotatable bonds is 2. The first-order chi connectivity index (χ1) is 9.41. The van der Waals surface area contributed by atoms with E-state index in [4.69, 9.17) is 4.74 Å². The molecule has 0 radical (unpaired) electrons. The molecule has 1 saturated heterocycles. The van der Waals surface area contributed by atoms with Crippen molar-refractivity contribution in [3.63, 3.8) is 0 Å². The van der Waals surface area contributed by atoms with Crippen LogP contribution in [0.4, 0.5) is 18.9 Å². The topological polar surface area (TPSA) is 41.6 Å². The third-order valence-electron chi connectivity index (χ3n) is 3.23. The number of alkyl halides is 3. The number of nitrogens with one attached hydrogen (secondary N) is 1. The molecule has 0 bridgehead atoms. The van der Waals surface area contributed by atoms with E-state index in [2.05, 4.69) is 5.32 Å². The Labute approximate surface area is 114 Å². The van der Waals surface area contributed by atoms with Crippen LogP contribution < -0.4 is 15.0 Å². The molecule has 1 aliphatic heterocycles. The van der Waals surface area contributed by atoms with Crippen LogP contribution in [-0.4, -0.2) is 38.3 Å². The van der Waals surface area contributed by atoms with Gasteiger partial charge in [-0.05, 0) is 24.3 Å². The summed E-state index contributed by atoms with van der Waals surface area (Å²) < 4.78 is 44.3. The molecular formula is C13H15F3N2O2. The molecule has 1 atom stereocenters. The van der Waals surface area contributed by atoms with Crippen molar-refractivity contribution in [1.29, 1.82) is 0 Å². The summed E-state index contributed by atoms with van der Waals surface area (Å²) in [4.78, 5) is 12.5. The van der Waals surface area contributed by atoms with Gasteiger partial charge in [-0.1, -0.05) is 0 Å². The molecule has 2 rings (SSSR count). The number of ether oxygens (including phenoxy) is 1. The molecule has 110 valence electrons. The zero-order valence-corrected chi connectivity index (χ0v) is 10.9. The number of hydrogen-bond acceptors (Lipinski definition) is 3. The van der Waals surface area contributed by atoms with E-state index < -0.39 is 18.8 Å². The van der Waals surface area contributed by atoms with Crippen molar-refractivity contribution in [2.24, 2.45) is 0 Å². The monoisotopic (exact) mass is 288 g/mol. The summed E-state index contributed by atoms with van der Waals surface area (Å²) in [6, 6.07) is 4.61. The highest BCUT2D eigenvalue weighted by Gasteiger charge is 2.45. The molecule has 4 nitrogen and oxygen atoms in total.